The number of carbonyl (C=O) groups is 1. The zero-order valence-corrected chi connectivity index (χ0v) is 20.9. The lowest BCUT2D eigenvalue weighted by molar-refractivity contribution is 0.0960. The highest BCUT2D eigenvalue weighted by Gasteiger charge is 2.69. The van der Waals surface area contributed by atoms with Crippen molar-refractivity contribution in [2.45, 2.75) is 52.1 Å². The van der Waals surface area contributed by atoms with Crippen LogP contribution in [0, 0.1) is 6.92 Å². The van der Waals surface area contributed by atoms with Crippen LogP contribution in [0.1, 0.15) is 50.0 Å². The van der Waals surface area contributed by atoms with Gasteiger partial charge in [0.1, 0.15) is 6.04 Å². The van der Waals surface area contributed by atoms with E-state index in [1.807, 2.05) is 0 Å². The summed E-state index contributed by atoms with van der Waals surface area (Å²) < 4.78 is 49.7. The number of halogens is 1. The van der Waals surface area contributed by atoms with E-state index in [1.54, 1.807) is 52.8 Å². The average Bonchev–Trinajstić information content (AvgIpc) is 3.18. The summed E-state index contributed by atoms with van der Waals surface area (Å²) in [6.45, 7) is 8.27. The van der Waals surface area contributed by atoms with Gasteiger partial charge in [0.05, 0.1) is 26.4 Å². The second-order valence-corrected chi connectivity index (χ2v) is 12.0. The second kappa shape index (κ2) is 10.8. The number of carbonyl (C=O) groups excluding carboxylic acids is 1. The highest BCUT2D eigenvalue weighted by Crippen LogP contribution is 2.81. The number of hydrogen-bond acceptors (Lipinski definition) is 9. The average molecular weight is 495 g/mol. The van der Waals surface area contributed by atoms with Crippen LogP contribution in [0.3, 0.4) is 0 Å². The molecule has 1 unspecified atom stereocenters. The van der Waals surface area contributed by atoms with Crippen molar-refractivity contribution in [1.29, 1.82) is 0 Å². The smallest absolute Gasteiger partial charge is 0.307 e. The molecular weight excluding hydrogens is 466 g/mol. The summed E-state index contributed by atoms with van der Waals surface area (Å²) in [5.41, 5.74) is 1.07. The summed E-state index contributed by atoms with van der Waals surface area (Å²) in [7, 11) is -8.42. The standard InChI is InChI=1S/C19H29ClN2O7P2/c1-6-26-30(24,27-7-2)19(31(25,28-8-3)29-9-4)13-17(21-22-19)18(23)15-10-11-16(20)14(5)12-15/h10-12,17H,6-9,13H2,1-5H3. The maximum Gasteiger partial charge on any atom is 0.372 e. The first kappa shape index (κ1) is 26.3. The number of nitrogens with zero attached hydrogens (tertiary/aromatic N) is 2. The highest BCUT2D eigenvalue weighted by molar-refractivity contribution is 7.74. The molecule has 0 N–H and O–H groups in total. The monoisotopic (exact) mass is 494 g/mol. The molecule has 1 heterocycles. The van der Waals surface area contributed by atoms with Crippen molar-refractivity contribution >= 4 is 32.6 Å². The Kier molecular flexibility index (Phi) is 9.17. The van der Waals surface area contributed by atoms with Crippen molar-refractivity contribution in [3.8, 4) is 0 Å². The molecule has 1 aromatic carbocycles. The van der Waals surface area contributed by atoms with Gasteiger partial charge in [-0.25, -0.2) is 0 Å². The fourth-order valence-electron chi connectivity index (χ4n) is 3.29. The quantitative estimate of drug-likeness (QED) is 0.249. The molecule has 0 saturated carbocycles. The van der Waals surface area contributed by atoms with E-state index in [4.69, 9.17) is 29.7 Å². The first-order chi connectivity index (χ1) is 14.6. The predicted octanol–water partition coefficient (Wildman–Crippen LogP) is 6.24. The van der Waals surface area contributed by atoms with Crippen LogP contribution in [-0.4, -0.2) is 43.3 Å². The molecule has 1 atom stereocenters. The van der Waals surface area contributed by atoms with Gasteiger partial charge in [-0.15, -0.1) is 0 Å². The molecule has 2 rings (SSSR count). The van der Waals surface area contributed by atoms with Crippen LogP contribution in [0.5, 0.6) is 0 Å². The molecule has 0 saturated heterocycles. The normalized spacial score (nSPS) is 18.5. The van der Waals surface area contributed by atoms with Gasteiger partial charge in [0.25, 0.3) is 5.02 Å². The molecule has 0 aliphatic carbocycles. The van der Waals surface area contributed by atoms with Crippen LogP contribution >= 0.6 is 26.8 Å². The Hall–Kier alpha value is -0.920. The summed E-state index contributed by atoms with van der Waals surface area (Å²) in [5, 5.41) is 6.60. The molecule has 31 heavy (non-hydrogen) atoms. The predicted molar refractivity (Wildman–Crippen MR) is 118 cm³/mol. The largest absolute Gasteiger partial charge is 0.372 e. The summed E-state index contributed by atoms with van der Waals surface area (Å²) in [4.78, 5) is 13.1. The number of Topliss-reactive ketones (excluding diaryl/α,β-unsaturated/α-hetero) is 1. The van der Waals surface area contributed by atoms with Gasteiger partial charge < -0.3 is 18.1 Å². The Bertz CT molecular complexity index is 875. The Morgan fingerprint density at radius 1 is 1.03 bits per heavy atom. The fourth-order valence-corrected chi connectivity index (χ4v) is 8.75. The lowest BCUT2D eigenvalue weighted by Crippen LogP contribution is -2.33. The number of hydrogen-bond donors (Lipinski definition) is 0. The molecule has 0 spiro atoms. The molecule has 9 nitrogen and oxygen atoms in total. The van der Waals surface area contributed by atoms with Crippen molar-refractivity contribution in [1.82, 2.24) is 0 Å². The first-order valence-electron chi connectivity index (χ1n) is 10.1. The third-order valence-electron chi connectivity index (χ3n) is 4.64. The maximum atomic E-state index is 13.9. The Labute approximate surface area is 187 Å². The van der Waals surface area contributed by atoms with E-state index in [0.717, 1.165) is 5.56 Å². The van der Waals surface area contributed by atoms with Crippen molar-refractivity contribution < 1.29 is 32.0 Å². The third-order valence-corrected chi connectivity index (χ3v) is 11.2. The number of ketones is 1. The van der Waals surface area contributed by atoms with Crippen LogP contribution in [-0.2, 0) is 27.2 Å². The van der Waals surface area contributed by atoms with Crippen LogP contribution in [0.25, 0.3) is 0 Å². The van der Waals surface area contributed by atoms with E-state index >= 15 is 0 Å². The van der Waals surface area contributed by atoms with Crippen LogP contribution in [0.2, 0.25) is 5.02 Å². The van der Waals surface area contributed by atoms with Crippen molar-refractivity contribution in [2.24, 2.45) is 10.2 Å². The van der Waals surface area contributed by atoms with Crippen LogP contribution in [0.15, 0.2) is 28.4 Å². The van der Waals surface area contributed by atoms with E-state index in [1.165, 1.54) is 0 Å². The summed E-state index contributed by atoms with van der Waals surface area (Å²) in [6.07, 6.45) is -0.304. The zero-order chi connectivity index (χ0) is 23.3. The van der Waals surface area contributed by atoms with E-state index in [9.17, 15) is 13.9 Å². The molecule has 0 amide bonds. The molecule has 0 aromatic heterocycles. The van der Waals surface area contributed by atoms with Gasteiger partial charge in [-0.1, -0.05) is 11.6 Å². The maximum absolute atomic E-state index is 13.9. The zero-order valence-electron chi connectivity index (χ0n) is 18.4. The summed E-state index contributed by atoms with van der Waals surface area (Å²) in [6, 6.07) is 3.75. The number of azo groups is 1. The fraction of sp³-hybridized carbons (Fsp3) is 0.632. The van der Waals surface area contributed by atoms with Gasteiger partial charge in [-0.3, -0.25) is 13.9 Å². The Morgan fingerprint density at radius 2 is 1.52 bits per heavy atom. The molecule has 1 aliphatic heterocycles. The molecule has 1 aromatic rings. The third kappa shape index (κ3) is 5.03. The van der Waals surface area contributed by atoms with Crippen molar-refractivity contribution in [3.05, 3.63) is 34.3 Å². The summed E-state index contributed by atoms with van der Waals surface area (Å²) in [5.74, 6) is -0.385. The number of aryl methyl sites for hydroxylation is 1. The molecule has 0 bridgehead atoms. The van der Waals surface area contributed by atoms with Gasteiger partial charge >= 0.3 is 15.2 Å². The Balaban J connectivity index is 2.56. The minimum absolute atomic E-state index is 0.00178. The van der Waals surface area contributed by atoms with E-state index in [2.05, 4.69) is 10.2 Å². The molecule has 0 fully saturated rings. The minimum Gasteiger partial charge on any atom is -0.307 e. The van der Waals surface area contributed by atoms with Gasteiger partial charge in [-0.05, 0) is 58.4 Å². The lowest BCUT2D eigenvalue weighted by Gasteiger charge is -2.36. The summed E-state index contributed by atoms with van der Waals surface area (Å²) >= 11 is 6.06. The molecular formula is C19H29ClN2O7P2. The van der Waals surface area contributed by atoms with Crippen LogP contribution < -0.4 is 0 Å². The molecule has 0 radical (unpaired) electrons. The minimum atomic E-state index is -4.21. The van der Waals surface area contributed by atoms with Gasteiger partial charge in [0, 0.05) is 17.0 Å². The van der Waals surface area contributed by atoms with Crippen LogP contribution in [0.4, 0.5) is 0 Å². The molecule has 1 aliphatic rings. The molecule has 174 valence electrons. The first-order valence-corrected chi connectivity index (χ1v) is 13.6. The van der Waals surface area contributed by atoms with E-state index < -0.39 is 26.3 Å². The topological polar surface area (TPSA) is 113 Å². The lowest BCUT2D eigenvalue weighted by atomic mass is 10.0. The highest BCUT2D eigenvalue weighted by atomic mass is 35.5. The van der Waals surface area contributed by atoms with Gasteiger partial charge in [0.2, 0.25) is 0 Å². The SMILES string of the molecule is CCOP(=O)(OCC)C1(P(=O)(OCC)OCC)CC(C(=O)c2ccc(Cl)c(C)c2)N=N1. The van der Waals surface area contributed by atoms with E-state index in [-0.39, 0.29) is 38.6 Å². The number of rotatable bonds is 12. The van der Waals surface area contributed by atoms with Gasteiger partial charge in [-0.2, -0.15) is 10.2 Å². The Morgan fingerprint density at radius 3 is 1.94 bits per heavy atom. The van der Waals surface area contributed by atoms with Crippen molar-refractivity contribution in [2.75, 3.05) is 26.4 Å². The molecule has 12 heteroatoms. The van der Waals surface area contributed by atoms with Gasteiger partial charge in [0.15, 0.2) is 5.78 Å². The second-order valence-electron chi connectivity index (χ2n) is 6.70. The number of benzene rings is 1. The van der Waals surface area contributed by atoms with E-state index in [0.29, 0.717) is 10.6 Å². The van der Waals surface area contributed by atoms with Crippen molar-refractivity contribution in [3.63, 3.8) is 0 Å².